The summed E-state index contributed by atoms with van der Waals surface area (Å²) < 4.78 is 0. The zero-order valence-corrected chi connectivity index (χ0v) is 17.2. The summed E-state index contributed by atoms with van der Waals surface area (Å²) in [5.41, 5.74) is 4.57. The van der Waals surface area contributed by atoms with Crippen LogP contribution >= 0.6 is 11.3 Å². The van der Waals surface area contributed by atoms with Crippen molar-refractivity contribution in [1.82, 2.24) is 10.3 Å². The van der Waals surface area contributed by atoms with Crippen LogP contribution in [0, 0.1) is 6.92 Å². The number of amides is 2. The fraction of sp³-hybridized carbons (Fsp3) is 0.261. The van der Waals surface area contributed by atoms with Crippen LogP contribution in [0.25, 0.3) is 10.6 Å². The monoisotopic (exact) mass is 405 g/mol. The lowest BCUT2D eigenvalue weighted by atomic mass is 10.1. The highest BCUT2D eigenvalue weighted by molar-refractivity contribution is 7.13. The van der Waals surface area contributed by atoms with E-state index in [1.54, 1.807) is 11.3 Å². The molecule has 1 aliphatic heterocycles. The van der Waals surface area contributed by atoms with Crippen molar-refractivity contribution in [2.75, 3.05) is 11.4 Å². The molecule has 0 atom stereocenters. The van der Waals surface area contributed by atoms with Gasteiger partial charge in [0.25, 0.3) is 5.91 Å². The standard InChI is InChI=1S/C23H23N3O2S/c1-16-15-29-23(25-16)19-9-7-18(8-10-19)22(28)24-14-17-5-11-20(12-6-17)26-13-3-2-4-21(26)27/h5-12,15H,2-4,13-14H2,1H3,(H,24,28). The number of rotatable bonds is 5. The van der Waals surface area contributed by atoms with E-state index >= 15 is 0 Å². The van der Waals surface area contributed by atoms with Crippen LogP contribution in [-0.4, -0.2) is 23.3 Å². The molecule has 3 aromatic rings. The molecule has 2 heterocycles. The summed E-state index contributed by atoms with van der Waals surface area (Å²) in [5.74, 6) is 0.0795. The van der Waals surface area contributed by atoms with E-state index in [0.29, 0.717) is 18.5 Å². The van der Waals surface area contributed by atoms with E-state index in [0.717, 1.165) is 46.9 Å². The molecule has 1 aromatic heterocycles. The molecule has 1 aliphatic rings. The Kier molecular flexibility index (Phi) is 5.71. The van der Waals surface area contributed by atoms with E-state index in [4.69, 9.17) is 0 Å². The van der Waals surface area contributed by atoms with Gasteiger partial charge < -0.3 is 10.2 Å². The van der Waals surface area contributed by atoms with Gasteiger partial charge in [0.05, 0.1) is 0 Å². The molecule has 0 spiro atoms. The molecule has 0 aliphatic carbocycles. The fourth-order valence-electron chi connectivity index (χ4n) is 3.41. The molecule has 0 bridgehead atoms. The lowest BCUT2D eigenvalue weighted by molar-refractivity contribution is -0.119. The van der Waals surface area contributed by atoms with Crippen molar-refractivity contribution in [2.45, 2.75) is 32.7 Å². The topological polar surface area (TPSA) is 62.3 Å². The molecule has 5 nitrogen and oxygen atoms in total. The summed E-state index contributed by atoms with van der Waals surface area (Å²) in [6, 6.07) is 15.3. The number of hydrogen-bond acceptors (Lipinski definition) is 4. The second kappa shape index (κ2) is 8.57. The predicted octanol–water partition coefficient (Wildman–Crippen LogP) is 4.57. The van der Waals surface area contributed by atoms with Crippen LogP contribution in [0.2, 0.25) is 0 Å². The van der Waals surface area contributed by atoms with Crippen molar-refractivity contribution in [2.24, 2.45) is 0 Å². The number of carbonyl (C=O) groups excluding carboxylic acids is 2. The van der Waals surface area contributed by atoms with Gasteiger partial charge >= 0.3 is 0 Å². The van der Waals surface area contributed by atoms with Gasteiger partial charge in [-0.25, -0.2) is 4.98 Å². The van der Waals surface area contributed by atoms with Crippen molar-refractivity contribution >= 4 is 28.8 Å². The van der Waals surface area contributed by atoms with Gasteiger partial charge in [-0.3, -0.25) is 9.59 Å². The van der Waals surface area contributed by atoms with E-state index in [1.165, 1.54) is 0 Å². The Balaban J connectivity index is 1.35. The van der Waals surface area contributed by atoms with Crippen molar-refractivity contribution in [3.63, 3.8) is 0 Å². The zero-order valence-electron chi connectivity index (χ0n) is 16.4. The maximum absolute atomic E-state index is 12.5. The molecule has 1 saturated heterocycles. The summed E-state index contributed by atoms with van der Waals surface area (Å²) in [6.45, 7) is 3.20. The Labute approximate surface area is 174 Å². The van der Waals surface area contributed by atoms with E-state index < -0.39 is 0 Å². The fourth-order valence-corrected chi connectivity index (χ4v) is 4.21. The van der Waals surface area contributed by atoms with Crippen LogP contribution in [-0.2, 0) is 11.3 Å². The average Bonchev–Trinajstić information content (AvgIpc) is 3.19. The van der Waals surface area contributed by atoms with Gasteiger partial charge in [-0.2, -0.15) is 0 Å². The highest BCUT2D eigenvalue weighted by Gasteiger charge is 2.19. The number of thiazole rings is 1. The molecular formula is C23H23N3O2S. The van der Waals surface area contributed by atoms with E-state index in [2.05, 4.69) is 10.3 Å². The third kappa shape index (κ3) is 4.54. The third-order valence-electron chi connectivity index (χ3n) is 5.04. The van der Waals surface area contributed by atoms with E-state index in [1.807, 2.05) is 65.7 Å². The molecule has 4 rings (SSSR count). The van der Waals surface area contributed by atoms with E-state index in [-0.39, 0.29) is 11.8 Å². The van der Waals surface area contributed by atoms with Gasteiger partial charge in [-0.15, -0.1) is 11.3 Å². The molecule has 0 unspecified atom stereocenters. The number of carbonyl (C=O) groups is 2. The van der Waals surface area contributed by atoms with E-state index in [9.17, 15) is 9.59 Å². The SMILES string of the molecule is Cc1csc(-c2ccc(C(=O)NCc3ccc(N4CCCCC4=O)cc3)cc2)n1. The van der Waals surface area contributed by atoms with Gasteiger partial charge in [0, 0.05) is 47.4 Å². The first-order valence-corrected chi connectivity index (χ1v) is 10.7. The summed E-state index contributed by atoms with van der Waals surface area (Å²) in [6.07, 6.45) is 2.65. The zero-order chi connectivity index (χ0) is 20.2. The lowest BCUT2D eigenvalue weighted by Gasteiger charge is -2.26. The number of aromatic nitrogens is 1. The summed E-state index contributed by atoms with van der Waals surface area (Å²) >= 11 is 1.60. The molecule has 148 valence electrons. The second-order valence-corrected chi connectivity index (χ2v) is 8.08. The van der Waals surface area contributed by atoms with Crippen LogP contribution < -0.4 is 10.2 Å². The summed E-state index contributed by atoms with van der Waals surface area (Å²) in [4.78, 5) is 30.8. The molecule has 2 aromatic carbocycles. The summed E-state index contributed by atoms with van der Waals surface area (Å²) in [7, 11) is 0. The van der Waals surface area contributed by atoms with Gasteiger partial charge in [0.2, 0.25) is 5.91 Å². The normalized spacial score (nSPS) is 14.1. The molecule has 0 radical (unpaired) electrons. The number of nitrogens with zero attached hydrogens (tertiary/aromatic N) is 2. The second-order valence-electron chi connectivity index (χ2n) is 7.22. The van der Waals surface area contributed by atoms with Crippen LogP contribution in [0.1, 0.15) is 40.9 Å². The number of piperidine rings is 1. The summed E-state index contributed by atoms with van der Waals surface area (Å²) in [5, 5.41) is 5.93. The molecule has 0 saturated carbocycles. The minimum Gasteiger partial charge on any atom is -0.348 e. The first kappa shape index (κ1) is 19.3. The predicted molar refractivity (Wildman–Crippen MR) is 116 cm³/mol. The van der Waals surface area contributed by atoms with Crippen LogP contribution in [0.15, 0.2) is 53.9 Å². The molecule has 1 N–H and O–H groups in total. The van der Waals surface area contributed by atoms with Crippen LogP contribution in [0.3, 0.4) is 0 Å². The largest absolute Gasteiger partial charge is 0.348 e. The third-order valence-corrected chi connectivity index (χ3v) is 6.05. The number of aryl methyl sites for hydroxylation is 1. The Morgan fingerprint density at radius 1 is 1.10 bits per heavy atom. The van der Waals surface area contributed by atoms with Gasteiger partial charge in [-0.05, 0) is 49.6 Å². The Morgan fingerprint density at radius 3 is 2.52 bits per heavy atom. The number of benzene rings is 2. The maximum Gasteiger partial charge on any atom is 0.251 e. The van der Waals surface area contributed by atoms with Crippen molar-refractivity contribution in [1.29, 1.82) is 0 Å². The first-order chi connectivity index (χ1) is 14.1. The number of anilines is 1. The first-order valence-electron chi connectivity index (χ1n) is 9.80. The minimum atomic E-state index is -0.109. The molecule has 2 amide bonds. The molecule has 29 heavy (non-hydrogen) atoms. The highest BCUT2D eigenvalue weighted by atomic mass is 32.1. The lowest BCUT2D eigenvalue weighted by Crippen LogP contribution is -2.35. The van der Waals surface area contributed by atoms with Crippen molar-refractivity contribution < 1.29 is 9.59 Å². The highest BCUT2D eigenvalue weighted by Crippen LogP contribution is 2.24. The molecular weight excluding hydrogens is 382 g/mol. The molecule has 1 fully saturated rings. The van der Waals surface area contributed by atoms with Gasteiger partial charge in [0.1, 0.15) is 5.01 Å². The number of nitrogens with one attached hydrogen (secondary N) is 1. The van der Waals surface area contributed by atoms with Gasteiger partial charge in [0.15, 0.2) is 0 Å². The van der Waals surface area contributed by atoms with Crippen molar-refractivity contribution in [3.05, 3.63) is 70.7 Å². The smallest absolute Gasteiger partial charge is 0.251 e. The average molecular weight is 406 g/mol. The minimum absolute atomic E-state index is 0.109. The Morgan fingerprint density at radius 2 is 1.86 bits per heavy atom. The quantitative estimate of drug-likeness (QED) is 0.677. The van der Waals surface area contributed by atoms with Gasteiger partial charge in [-0.1, -0.05) is 24.3 Å². The van der Waals surface area contributed by atoms with Crippen molar-refractivity contribution in [3.8, 4) is 10.6 Å². The number of hydrogen-bond donors (Lipinski definition) is 1. The molecule has 6 heteroatoms. The van der Waals surface area contributed by atoms with Crippen LogP contribution in [0.5, 0.6) is 0 Å². The maximum atomic E-state index is 12.5. The van der Waals surface area contributed by atoms with Crippen LogP contribution in [0.4, 0.5) is 5.69 Å². The Hall–Kier alpha value is -2.99. The Bertz CT molecular complexity index is 1010.